The Morgan fingerprint density at radius 1 is 1.27 bits per heavy atom. The lowest BCUT2D eigenvalue weighted by molar-refractivity contribution is -0.140. The van der Waals surface area contributed by atoms with Gasteiger partial charge in [0.25, 0.3) is 5.78 Å². The number of nitrogens with zero attached hydrogens (tertiary/aromatic N) is 4. The van der Waals surface area contributed by atoms with Gasteiger partial charge >= 0.3 is 6.18 Å². The zero-order chi connectivity index (χ0) is 18.9. The van der Waals surface area contributed by atoms with Gasteiger partial charge in [0, 0.05) is 18.9 Å². The minimum absolute atomic E-state index is 0.0996. The number of methoxy groups -OCH3 is 1. The predicted octanol–water partition coefficient (Wildman–Crippen LogP) is 3.39. The Labute approximate surface area is 145 Å². The molecule has 0 radical (unpaired) electrons. The van der Waals surface area contributed by atoms with Crippen LogP contribution in [-0.2, 0) is 10.9 Å². The SMILES string of the molecule is COCC(Nc1cc(C)nc2ncnn12)c1ccc(C(F)(F)F)c(F)c1. The van der Waals surface area contributed by atoms with E-state index >= 15 is 0 Å². The van der Waals surface area contributed by atoms with E-state index in [4.69, 9.17) is 4.74 Å². The number of aromatic nitrogens is 4. The van der Waals surface area contributed by atoms with Crippen LogP contribution in [0.2, 0.25) is 0 Å². The van der Waals surface area contributed by atoms with Crippen LogP contribution in [0.3, 0.4) is 0 Å². The maximum atomic E-state index is 13.9. The predicted molar refractivity (Wildman–Crippen MR) is 85.2 cm³/mol. The molecule has 0 saturated heterocycles. The van der Waals surface area contributed by atoms with Gasteiger partial charge in [-0.2, -0.15) is 27.8 Å². The molecule has 138 valence electrons. The third kappa shape index (κ3) is 3.59. The molecular formula is C16H15F4N5O. The van der Waals surface area contributed by atoms with Gasteiger partial charge in [0.1, 0.15) is 18.0 Å². The summed E-state index contributed by atoms with van der Waals surface area (Å²) in [6.45, 7) is 1.87. The first-order valence-corrected chi connectivity index (χ1v) is 7.59. The van der Waals surface area contributed by atoms with Crippen molar-refractivity contribution >= 4 is 11.6 Å². The van der Waals surface area contributed by atoms with Gasteiger partial charge in [0.05, 0.1) is 18.2 Å². The smallest absolute Gasteiger partial charge is 0.382 e. The minimum Gasteiger partial charge on any atom is -0.382 e. The largest absolute Gasteiger partial charge is 0.419 e. The molecule has 3 rings (SSSR count). The van der Waals surface area contributed by atoms with Crippen LogP contribution in [-0.4, -0.2) is 33.3 Å². The quantitative estimate of drug-likeness (QED) is 0.699. The first-order valence-electron chi connectivity index (χ1n) is 7.59. The van der Waals surface area contributed by atoms with Crippen molar-refractivity contribution in [3.8, 4) is 0 Å². The van der Waals surface area contributed by atoms with Crippen molar-refractivity contribution in [2.45, 2.75) is 19.1 Å². The molecular weight excluding hydrogens is 354 g/mol. The summed E-state index contributed by atoms with van der Waals surface area (Å²) < 4.78 is 58.8. The molecule has 1 atom stereocenters. The fourth-order valence-electron chi connectivity index (χ4n) is 2.58. The number of rotatable bonds is 5. The van der Waals surface area contributed by atoms with E-state index in [0.29, 0.717) is 22.9 Å². The van der Waals surface area contributed by atoms with Gasteiger partial charge in [-0.3, -0.25) is 0 Å². The van der Waals surface area contributed by atoms with Gasteiger partial charge in [-0.05, 0) is 24.6 Å². The Bertz CT molecular complexity index is 925. The molecule has 6 nitrogen and oxygen atoms in total. The van der Waals surface area contributed by atoms with Crippen molar-refractivity contribution in [1.82, 2.24) is 19.6 Å². The number of halogens is 4. The highest BCUT2D eigenvalue weighted by Gasteiger charge is 2.34. The number of nitrogens with one attached hydrogen (secondary N) is 1. The number of alkyl halides is 3. The third-order valence-electron chi connectivity index (χ3n) is 3.74. The van der Waals surface area contributed by atoms with Crippen LogP contribution < -0.4 is 5.32 Å². The highest BCUT2D eigenvalue weighted by atomic mass is 19.4. The molecule has 2 heterocycles. The molecule has 1 aromatic carbocycles. The molecule has 1 unspecified atom stereocenters. The molecule has 26 heavy (non-hydrogen) atoms. The van der Waals surface area contributed by atoms with E-state index in [1.165, 1.54) is 24.0 Å². The van der Waals surface area contributed by atoms with Crippen molar-refractivity contribution in [2.24, 2.45) is 0 Å². The highest BCUT2D eigenvalue weighted by molar-refractivity contribution is 5.47. The van der Waals surface area contributed by atoms with Crippen LogP contribution in [0.1, 0.15) is 22.9 Å². The third-order valence-corrected chi connectivity index (χ3v) is 3.74. The number of fused-ring (bicyclic) bond motifs is 1. The summed E-state index contributed by atoms with van der Waals surface area (Å²) in [6, 6.07) is 3.88. The second-order valence-corrected chi connectivity index (χ2v) is 5.64. The van der Waals surface area contributed by atoms with Crippen LogP contribution in [0.4, 0.5) is 23.4 Å². The van der Waals surface area contributed by atoms with E-state index in [1.54, 1.807) is 13.0 Å². The van der Waals surface area contributed by atoms with E-state index in [9.17, 15) is 17.6 Å². The van der Waals surface area contributed by atoms with Crippen LogP contribution in [0.15, 0.2) is 30.6 Å². The molecule has 0 bridgehead atoms. The molecule has 3 aromatic rings. The summed E-state index contributed by atoms with van der Waals surface area (Å²) in [5.74, 6) is -0.468. The van der Waals surface area contributed by atoms with Gasteiger partial charge in [0.2, 0.25) is 0 Å². The molecule has 0 amide bonds. The van der Waals surface area contributed by atoms with Crippen molar-refractivity contribution in [3.63, 3.8) is 0 Å². The first-order chi connectivity index (χ1) is 12.3. The number of benzene rings is 1. The van der Waals surface area contributed by atoms with Crippen LogP contribution in [0, 0.1) is 12.7 Å². The first kappa shape index (κ1) is 18.1. The van der Waals surface area contributed by atoms with Gasteiger partial charge in [-0.15, -0.1) is 0 Å². The Morgan fingerprint density at radius 2 is 2.04 bits per heavy atom. The second-order valence-electron chi connectivity index (χ2n) is 5.64. The summed E-state index contributed by atoms with van der Waals surface area (Å²) in [5, 5.41) is 7.15. The molecule has 0 saturated carbocycles. The summed E-state index contributed by atoms with van der Waals surface area (Å²) >= 11 is 0. The minimum atomic E-state index is -4.75. The molecule has 0 aliphatic heterocycles. The maximum Gasteiger partial charge on any atom is 0.419 e. The zero-order valence-corrected chi connectivity index (χ0v) is 13.9. The van der Waals surface area contributed by atoms with Crippen LogP contribution >= 0.6 is 0 Å². The van der Waals surface area contributed by atoms with Crippen molar-refractivity contribution in [1.29, 1.82) is 0 Å². The number of hydrogen-bond acceptors (Lipinski definition) is 5. The Morgan fingerprint density at radius 3 is 2.69 bits per heavy atom. The lowest BCUT2D eigenvalue weighted by Crippen LogP contribution is -2.19. The lowest BCUT2D eigenvalue weighted by atomic mass is 10.0. The molecule has 1 N–H and O–H groups in total. The van der Waals surface area contributed by atoms with E-state index in [1.807, 2.05) is 0 Å². The average molecular weight is 369 g/mol. The number of aryl methyl sites for hydroxylation is 1. The summed E-state index contributed by atoms with van der Waals surface area (Å²) in [7, 11) is 1.44. The van der Waals surface area contributed by atoms with Gasteiger partial charge in [-0.25, -0.2) is 9.37 Å². The Hall–Kier alpha value is -2.75. The summed E-state index contributed by atoms with van der Waals surface area (Å²) in [6.07, 6.45) is -3.42. The average Bonchev–Trinajstić information content (AvgIpc) is 3.01. The van der Waals surface area contributed by atoms with Crippen molar-refractivity contribution in [2.75, 3.05) is 19.0 Å². The van der Waals surface area contributed by atoms with Gasteiger partial charge < -0.3 is 10.1 Å². The van der Waals surface area contributed by atoms with Crippen LogP contribution in [0.25, 0.3) is 5.78 Å². The number of anilines is 1. The number of hydrogen-bond donors (Lipinski definition) is 1. The lowest BCUT2D eigenvalue weighted by Gasteiger charge is -2.21. The molecule has 0 aliphatic carbocycles. The standard InChI is InChI=1S/C16H15F4N5O/c1-9-5-14(25-15(23-9)21-8-22-25)24-13(7-26-2)10-3-4-11(12(17)6-10)16(18,19)20/h3-6,8,13,24H,7H2,1-2H3. The molecule has 0 spiro atoms. The van der Waals surface area contributed by atoms with Crippen molar-refractivity contribution in [3.05, 3.63) is 53.2 Å². The normalized spacial score (nSPS) is 13.2. The maximum absolute atomic E-state index is 13.9. The zero-order valence-electron chi connectivity index (χ0n) is 13.9. The fraction of sp³-hybridized carbons (Fsp3) is 0.312. The van der Waals surface area contributed by atoms with Gasteiger partial charge in [-0.1, -0.05) is 6.07 Å². The molecule has 0 aliphatic rings. The van der Waals surface area contributed by atoms with E-state index < -0.39 is 23.6 Å². The monoisotopic (exact) mass is 369 g/mol. The van der Waals surface area contributed by atoms with E-state index in [-0.39, 0.29) is 6.61 Å². The molecule has 10 heteroatoms. The van der Waals surface area contributed by atoms with E-state index in [2.05, 4.69) is 20.4 Å². The molecule has 0 fully saturated rings. The number of ether oxygens (including phenoxy) is 1. The van der Waals surface area contributed by atoms with Crippen molar-refractivity contribution < 1.29 is 22.3 Å². The van der Waals surface area contributed by atoms with E-state index in [0.717, 1.165) is 12.1 Å². The fourth-order valence-corrected chi connectivity index (χ4v) is 2.58. The summed E-state index contributed by atoms with van der Waals surface area (Å²) in [5.41, 5.74) is -0.335. The van der Waals surface area contributed by atoms with Crippen LogP contribution in [0.5, 0.6) is 0 Å². The van der Waals surface area contributed by atoms with Gasteiger partial charge in [0.15, 0.2) is 0 Å². The second kappa shape index (κ2) is 6.87. The Kier molecular flexibility index (Phi) is 4.77. The topological polar surface area (TPSA) is 64.3 Å². The Balaban J connectivity index is 1.97. The molecule has 2 aromatic heterocycles. The highest BCUT2D eigenvalue weighted by Crippen LogP contribution is 2.33. The summed E-state index contributed by atoms with van der Waals surface area (Å²) in [4.78, 5) is 8.21.